The summed E-state index contributed by atoms with van der Waals surface area (Å²) in [5.74, 6) is 0.357. The van der Waals surface area contributed by atoms with E-state index in [0.29, 0.717) is 5.92 Å². The first kappa shape index (κ1) is 12.0. The van der Waals surface area contributed by atoms with Crippen LogP contribution in [0, 0.1) is 17.2 Å². The Bertz CT molecular complexity index is 244. The highest BCUT2D eigenvalue weighted by Crippen LogP contribution is 2.15. The number of hydrogen-bond acceptors (Lipinski definition) is 4. The van der Waals surface area contributed by atoms with E-state index in [-0.39, 0.29) is 25.0 Å². The molecule has 1 amide bonds. The fourth-order valence-electron chi connectivity index (χ4n) is 1.57. The van der Waals surface area contributed by atoms with Crippen LogP contribution in [0.3, 0.4) is 0 Å². The smallest absolute Gasteiger partial charge is 0.234 e. The number of rotatable bonds is 5. The number of nitrogens with zero attached hydrogens (tertiary/aromatic N) is 1. The van der Waals surface area contributed by atoms with Crippen LogP contribution in [0.2, 0.25) is 0 Å². The van der Waals surface area contributed by atoms with E-state index in [1.54, 1.807) is 0 Å². The molecule has 84 valence electrons. The van der Waals surface area contributed by atoms with Gasteiger partial charge >= 0.3 is 0 Å². The molecule has 2 atom stereocenters. The number of hydrogen-bond donors (Lipinski definition) is 2. The zero-order chi connectivity index (χ0) is 11.1. The van der Waals surface area contributed by atoms with Crippen molar-refractivity contribution >= 4 is 5.91 Å². The van der Waals surface area contributed by atoms with Crippen molar-refractivity contribution in [3.05, 3.63) is 0 Å². The van der Waals surface area contributed by atoms with Crippen LogP contribution in [-0.2, 0) is 9.53 Å². The zero-order valence-electron chi connectivity index (χ0n) is 8.95. The third-order valence-corrected chi connectivity index (χ3v) is 2.62. The van der Waals surface area contributed by atoms with Gasteiger partial charge in [0.25, 0.3) is 0 Å². The zero-order valence-corrected chi connectivity index (χ0v) is 8.95. The second kappa shape index (κ2) is 6.38. The summed E-state index contributed by atoms with van der Waals surface area (Å²) in [6, 6.07) is 2.14. The van der Waals surface area contributed by atoms with Crippen LogP contribution in [0.1, 0.15) is 13.3 Å². The predicted molar refractivity (Wildman–Crippen MR) is 55.0 cm³/mol. The fraction of sp³-hybridized carbons (Fsp3) is 0.800. The monoisotopic (exact) mass is 211 g/mol. The van der Waals surface area contributed by atoms with Gasteiger partial charge in [0, 0.05) is 12.6 Å². The average Bonchev–Trinajstić information content (AvgIpc) is 2.76. The van der Waals surface area contributed by atoms with Gasteiger partial charge < -0.3 is 15.4 Å². The van der Waals surface area contributed by atoms with Crippen LogP contribution in [-0.4, -0.2) is 38.3 Å². The van der Waals surface area contributed by atoms with Crippen molar-refractivity contribution in [2.45, 2.75) is 19.4 Å². The Kier molecular flexibility index (Phi) is 5.08. The number of nitriles is 1. The van der Waals surface area contributed by atoms with Crippen molar-refractivity contribution in [2.75, 3.05) is 26.3 Å². The Morgan fingerprint density at radius 3 is 3.13 bits per heavy atom. The molecule has 1 aliphatic heterocycles. The first-order valence-electron chi connectivity index (χ1n) is 5.19. The second-order valence-corrected chi connectivity index (χ2v) is 3.73. The molecule has 1 aliphatic rings. The molecule has 2 unspecified atom stereocenters. The SMILES string of the molecule is CC(NCC(=O)NCC#N)C1CCOC1. The molecule has 0 aromatic carbocycles. The molecule has 0 aromatic rings. The molecule has 0 radical (unpaired) electrons. The number of carbonyl (C=O) groups is 1. The van der Waals surface area contributed by atoms with E-state index in [4.69, 9.17) is 10.00 Å². The lowest BCUT2D eigenvalue weighted by molar-refractivity contribution is -0.120. The van der Waals surface area contributed by atoms with Gasteiger partial charge in [-0.1, -0.05) is 0 Å². The molecular weight excluding hydrogens is 194 g/mol. The van der Waals surface area contributed by atoms with E-state index in [2.05, 4.69) is 17.6 Å². The molecule has 5 nitrogen and oxygen atoms in total. The van der Waals surface area contributed by atoms with Crippen molar-refractivity contribution in [1.82, 2.24) is 10.6 Å². The van der Waals surface area contributed by atoms with Gasteiger partial charge in [0.05, 0.1) is 19.2 Å². The summed E-state index contributed by atoms with van der Waals surface area (Å²) in [6.07, 6.45) is 1.05. The van der Waals surface area contributed by atoms with Crippen LogP contribution < -0.4 is 10.6 Å². The maximum Gasteiger partial charge on any atom is 0.234 e. The standard InChI is InChI=1S/C10H17N3O2/c1-8(9-2-5-15-7-9)13-6-10(14)12-4-3-11/h8-9,13H,2,4-7H2,1H3,(H,12,14). The van der Waals surface area contributed by atoms with Crippen LogP contribution in [0.5, 0.6) is 0 Å². The number of carbonyl (C=O) groups excluding carboxylic acids is 1. The predicted octanol–water partition coefficient (Wildman–Crippen LogP) is -0.359. The second-order valence-electron chi connectivity index (χ2n) is 3.73. The lowest BCUT2D eigenvalue weighted by Gasteiger charge is -2.18. The molecule has 0 bridgehead atoms. The van der Waals surface area contributed by atoms with Gasteiger partial charge in [-0.25, -0.2) is 0 Å². The first-order chi connectivity index (χ1) is 7.24. The van der Waals surface area contributed by atoms with Gasteiger partial charge in [-0.2, -0.15) is 5.26 Å². The number of ether oxygens (including phenoxy) is 1. The average molecular weight is 211 g/mol. The van der Waals surface area contributed by atoms with E-state index in [0.717, 1.165) is 19.6 Å². The minimum atomic E-state index is -0.137. The number of nitrogens with one attached hydrogen (secondary N) is 2. The molecule has 1 rings (SSSR count). The van der Waals surface area contributed by atoms with E-state index in [9.17, 15) is 4.79 Å². The summed E-state index contributed by atoms with van der Waals surface area (Å²) in [5.41, 5.74) is 0. The highest BCUT2D eigenvalue weighted by molar-refractivity contribution is 5.78. The van der Waals surface area contributed by atoms with E-state index < -0.39 is 0 Å². The summed E-state index contributed by atoms with van der Waals surface area (Å²) < 4.78 is 5.27. The third-order valence-electron chi connectivity index (χ3n) is 2.62. The molecule has 0 aromatic heterocycles. The molecule has 0 saturated carbocycles. The van der Waals surface area contributed by atoms with Crippen LogP contribution in [0.25, 0.3) is 0 Å². The normalized spacial score (nSPS) is 22.0. The van der Waals surface area contributed by atoms with Crippen molar-refractivity contribution in [2.24, 2.45) is 5.92 Å². The van der Waals surface area contributed by atoms with Gasteiger partial charge in [-0.15, -0.1) is 0 Å². The molecular formula is C10H17N3O2. The van der Waals surface area contributed by atoms with Gasteiger partial charge in [0.1, 0.15) is 6.54 Å². The highest BCUT2D eigenvalue weighted by Gasteiger charge is 2.22. The van der Waals surface area contributed by atoms with Gasteiger partial charge in [0.15, 0.2) is 0 Å². The molecule has 5 heteroatoms. The van der Waals surface area contributed by atoms with E-state index in [1.165, 1.54) is 0 Å². The van der Waals surface area contributed by atoms with Crippen LogP contribution in [0.15, 0.2) is 0 Å². The van der Waals surface area contributed by atoms with E-state index >= 15 is 0 Å². The van der Waals surface area contributed by atoms with Gasteiger partial charge in [0.2, 0.25) is 5.91 Å². The summed E-state index contributed by atoms with van der Waals surface area (Å²) in [7, 11) is 0. The fourth-order valence-corrected chi connectivity index (χ4v) is 1.57. The molecule has 1 saturated heterocycles. The lowest BCUT2D eigenvalue weighted by Crippen LogP contribution is -2.41. The molecule has 2 N–H and O–H groups in total. The number of amides is 1. The largest absolute Gasteiger partial charge is 0.381 e. The summed E-state index contributed by atoms with van der Waals surface area (Å²) in [4.78, 5) is 11.2. The van der Waals surface area contributed by atoms with Gasteiger partial charge in [-0.3, -0.25) is 4.79 Å². The minimum Gasteiger partial charge on any atom is -0.381 e. The minimum absolute atomic E-state index is 0.0709. The Balaban J connectivity index is 2.13. The Hall–Kier alpha value is -1.12. The summed E-state index contributed by atoms with van der Waals surface area (Å²) >= 11 is 0. The topological polar surface area (TPSA) is 74.2 Å². The quantitative estimate of drug-likeness (QED) is 0.609. The van der Waals surface area contributed by atoms with E-state index in [1.807, 2.05) is 6.07 Å². The molecule has 0 spiro atoms. The third kappa shape index (κ3) is 4.28. The van der Waals surface area contributed by atoms with Gasteiger partial charge in [-0.05, 0) is 19.3 Å². The van der Waals surface area contributed by atoms with Crippen molar-refractivity contribution in [1.29, 1.82) is 5.26 Å². The van der Waals surface area contributed by atoms with Crippen molar-refractivity contribution in [3.8, 4) is 6.07 Å². The molecule has 15 heavy (non-hydrogen) atoms. The first-order valence-corrected chi connectivity index (χ1v) is 5.19. The Morgan fingerprint density at radius 2 is 2.53 bits per heavy atom. The molecule has 0 aliphatic carbocycles. The molecule has 1 fully saturated rings. The maximum atomic E-state index is 11.2. The van der Waals surface area contributed by atoms with Crippen molar-refractivity contribution < 1.29 is 9.53 Å². The molecule has 1 heterocycles. The highest BCUT2D eigenvalue weighted by atomic mass is 16.5. The lowest BCUT2D eigenvalue weighted by atomic mass is 10.0. The Labute approximate surface area is 89.8 Å². The summed E-state index contributed by atoms with van der Waals surface area (Å²) in [6.45, 7) is 3.98. The summed E-state index contributed by atoms with van der Waals surface area (Å²) in [5, 5.41) is 13.9. The maximum absolute atomic E-state index is 11.2. The Morgan fingerprint density at radius 1 is 1.73 bits per heavy atom. The van der Waals surface area contributed by atoms with Crippen molar-refractivity contribution in [3.63, 3.8) is 0 Å². The van der Waals surface area contributed by atoms with Crippen LogP contribution in [0.4, 0.5) is 0 Å². The van der Waals surface area contributed by atoms with Crippen LogP contribution >= 0.6 is 0 Å².